The zero-order valence-electron chi connectivity index (χ0n) is 17.7. The summed E-state index contributed by atoms with van der Waals surface area (Å²) < 4.78 is 5.28. The number of likely N-dealkylation sites (N-methyl/N-ethyl adjacent to an activating group) is 1. The molecular formula is C26H28N2O2. The third-order valence-electron chi connectivity index (χ3n) is 5.71. The van der Waals surface area contributed by atoms with Crippen LogP contribution in [0.25, 0.3) is 16.8 Å². The van der Waals surface area contributed by atoms with Crippen molar-refractivity contribution >= 4 is 28.4 Å². The number of rotatable bonds is 6. The zero-order chi connectivity index (χ0) is 20.9. The van der Waals surface area contributed by atoms with Gasteiger partial charge in [-0.25, -0.2) is 0 Å². The lowest BCUT2D eigenvalue weighted by Crippen LogP contribution is -2.26. The Labute approximate surface area is 178 Å². The fraction of sp³-hybridized carbons (Fsp3) is 0.269. The lowest BCUT2D eigenvalue weighted by molar-refractivity contribution is -0.125. The summed E-state index contributed by atoms with van der Waals surface area (Å²) >= 11 is 0. The maximum Gasteiger partial charge on any atom is 0.246 e. The number of fused-ring (bicyclic) bond motifs is 1. The second-order valence-electron chi connectivity index (χ2n) is 7.82. The third kappa shape index (κ3) is 4.48. The van der Waals surface area contributed by atoms with Gasteiger partial charge in [0.1, 0.15) is 5.75 Å². The minimum absolute atomic E-state index is 0.000975. The quantitative estimate of drug-likeness (QED) is 0.539. The number of amides is 1. The molecule has 0 unspecified atom stereocenters. The third-order valence-corrected chi connectivity index (χ3v) is 5.71. The number of benzene rings is 3. The molecule has 0 N–H and O–H groups in total. The molecule has 3 aromatic carbocycles. The Balaban J connectivity index is 1.45. The van der Waals surface area contributed by atoms with E-state index in [-0.39, 0.29) is 5.91 Å². The van der Waals surface area contributed by atoms with Crippen molar-refractivity contribution in [1.29, 1.82) is 0 Å². The summed E-state index contributed by atoms with van der Waals surface area (Å²) in [6.07, 6.45) is 6.02. The number of carbonyl (C=O) groups is 1. The largest absolute Gasteiger partial charge is 0.497 e. The fourth-order valence-corrected chi connectivity index (χ4v) is 4.01. The van der Waals surface area contributed by atoms with Crippen molar-refractivity contribution in [2.75, 3.05) is 32.1 Å². The highest BCUT2D eigenvalue weighted by Crippen LogP contribution is 2.26. The van der Waals surface area contributed by atoms with Crippen molar-refractivity contribution in [2.24, 2.45) is 0 Å². The monoisotopic (exact) mass is 400 g/mol. The highest BCUT2D eigenvalue weighted by atomic mass is 16.5. The van der Waals surface area contributed by atoms with E-state index in [0.29, 0.717) is 6.54 Å². The second-order valence-corrected chi connectivity index (χ2v) is 7.82. The van der Waals surface area contributed by atoms with Gasteiger partial charge in [-0.15, -0.1) is 0 Å². The molecule has 30 heavy (non-hydrogen) atoms. The molecule has 1 fully saturated rings. The molecule has 3 aromatic rings. The predicted octanol–water partition coefficient (Wildman–Crippen LogP) is 5.12. The fourth-order valence-electron chi connectivity index (χ4n) is 4.01. The summed E-state index contributed by atoms with van der Waals surface area (Å²) in [5.41, 5.74) is 3.46. The van der Waals surface area contributed by atoms with Gasteiger partial charge in [-0.1, -0.05) is 36.4 Å². The molecule has 1 aliphatic heterocycles. The standard InChI is InChI=1S/C26H28N2O2/c1-27(19-23-7-3-4-8-25(23)28-15-5-6-16-28)26(29)14-10-20-9-11-22-18-24(30-2)13-12-21(22)17-20/h3-4,7-14,17-18H,5-6,15-16,19H2,1-2H3/b14-10+. The molecule has 0 aliphatic carbocycles. The van der Waals surface area contributed by atoms with Crippen molar-refractivity contribution < 1.29 is 9.53 Å². The lowest BCUT2D eigenvalue weighted by Gasteiger charge is -2.24. The van der Waals surface area contributed by atoms with Crippen LogP contribution in [0.15, 0.2) is 66.7 Å². The predicted molar refractivity (Wildman–Crippen MR) is 124 cm³/mol. The summed E-state index contributed by atoms with van der Waals surface area (Å²) in [6.45, 7) is 2.80. The highest BCUT2D eigenvalue weighted by Gasteiger charge is 2.16. The summed E-state index contributed by atoms with van der Waals surface area (Å²) in [6, 6.07) is 20.6. The van der Waals surface area contributed by atoms with E-state index in [0.717, 1.165) is 35.2 Å². The van der Waals surface area contributed by atoms with Gasteiger partial charge in [0.2, 0.25) is 5.91 Å². The van der Waals surface area contributed by atoms with Gasteiger partial charge in [0.05, 0.1) is 7.11 Å². The van der Waals surface area contributed by atoms with E-state index in [1.807, 2.05) is 43.5 Å². The maximum absolute atomic E-state index is 12.7. The number of nitrogens with zero attached hydrogens (tertiary/aromatic N) is 2. The van der Waals surface area contributed by atoms with Crippen molar-refractivity contribution in [2.45, 2.75) is 19.4 Å². The number of methoxy groups -OCH3 is 1. The van der Waals surface area contributed by atoms with Crippen LogP contribution < -0.4 is 9.64 Å². The van der Waals surface area contributed by atoms with E-state index in [1.54, 1.807) is 18.1 Å². The summed E-state index contributed by atoms with van der Waals surface area (Å²) in [5.74, 6) is 0.845. The SMILES string of the molecule is COc1ccc2cc(/C=C/C(=O)N(C)Cc3ccccc3N3CCCC3)ccc2c1. The first-order valence-corrected chi connectivity index (χ1v) is 10.5. The minimum Gasteiger partial charge on any atom is -0.497 e. The first-order chi connectivity index (χ1) is 14.6. The molecule has 4 nitrogen and oxygen atoms in total. The first kappa shape index (κ1) is 20.0. The van der Waals surface area contributed by atoms with Gasteiger partial charge in [0.15, 0.2) is 0 Å². The Hall–Kier alpha value is -3.27. The van der Waals surface area contributed by atoms with Gasteiger partial charge >= 0.3 is 0 Å². The molecule has 0 spiro atoms. The summed E-state index contributed by atoms with van der Waals surface area (Å²) in [7, 11) is 3.53. The summed E-state index contributed by atoms with van der Waals surface area (Å²) in [4.78, 5) is 16.9. The van der Waals surface area contributed by atoms with Crippen molar-refractivity contribution in [3.63, 3.8) is 0 Å². The van der Waals surface area contributed by atoms with Gasteiger partial charge in [-0.2, -0.15) is 0 Å². The Morgan fingerprint density at radius 1 is 1.03 bits per heavy atom. The molecule has 0 radical (unpaired) electrons. The van der Waals surface area contributed by atoms with Gasteiger partial charge in [0, 0.05) is 38.4 Å². The van der Waals surface area contributed by atoms with E-state index in [4.69, 9.17) is 4.74 Å². The highest BCUT2D eigenvalue weighted by molar-refractivity contribution is 5.93. The van der Waals surface area contributed by atoms with Crippen LogP contribution in [0.5, 0.6) is 5.75 Å². The smallest absolute Gasteiger partial charge is 0.246 e. The van der Waals surface area contributed by atoms with Gasteiger partial charge in [-0.3, -0.25) is 4.79 Å². The van der Waals surface area contributed by atoms with Crippen LogP contribution in [0.4, 0.5) is 5.69 Å². The molecule has 4 rings (SSSR count). The number of anilines is 1. The number of para-hydroxylation sites is 1. The first-order valence-electron chi connectivity index (χ1n) is 10.5. The molecule has 1 saturated heterocycles. The Morgan fingerprint density at radius 2 is 1.77 bits per heavy atom. The number of hydrogen-bond donors (Lipinski definition) is 0. The van der Waals surface area contributed by atoms with E-state index in [2.05, 4.69) is 35.2 Å². The van der Waals surface area contributed by atoms with Crippen molar-refractivity contribution in [3.8, 4) is 5.75 Å². The Kier molecular flexibility index (Phi) is 6.03. The molecule has 0 atom stereocenters. The van der Waals surface area contributed by atoms with Crippen LogP contribution in [-0.4, -0.2) is 38.1 Å². The van der Waals surface area contributed by atoms with Crippen LogP contribution >= 0.6 is 0 Å². The van der Waals surface area contributed by atoms with Crippen LogP contribution in [0, 0.1) is 0 Å². The summed E-state index contributed by atoms with van der Waals surface area (Å²) in [5, 5.41) is 2.24. The maximum atomic E-state index is 12.7. The molecule has 0 aromatic heterocycles. The van der Waals surface area contributed by atoms with Crippen LogP contribution in [0.2, 0.25) is 0 Å². The van der Waals surface area contributed by atoms with Gasteiger partial charge in [0.25, 0.3) is 0 Å². The van der Waals surface area contributed by atoms with Gasteiger partial charge < -0.3 is 14.5 Å². The number of carbonyl (C=O) groups excluding carboxylic acids is 1. The number of ether oxygens (including phenoxy) is 1. The Morgan fingerprint density at radius 3 is 2.57 bits per heavy atom. The van der Waals surface area contributed by atoms with E-state index in [9.17, 15) is 4.79 Å². The van der Waals surface area contributed by atoms with Crippen LogP contribution in [0.3, 0.4) is 0 Å². The molecule has 4 heteroatoms. The van der Waals surface area contributed by atoms with Gasteiger partial charge in [-0.05, 0) is 65.1 Å². The molecule has 1 heterocycles. The van der Waals surface area contributed by atoms with Crippen molar-refractivity contribution in [3.05, 3.63) is 77.9 Å². The van der Waals surface area contributed by atoms with E-state index >= 15 is 0 Å². The number of hydrogen-bond acceptors (Lipinski definition) is 3. The molecule has 0 bridgehead atoms. The van der Waals surface area contributed by atoms with E-state index < -0.39 is 0 Å². The van der Waals surface area contributed by atoms with Crippen LogP contribution in [-0.2, 0) is 11.3 Å². The second kappa shape index (κ2) is 9.04. The lowest BCUT2D eigenvalue weighted by atomic mass is 10.1. The Bertz CT molecular complexity index is 1070. The average molecular weight is 401 g/mol. The topological polar surface area (TPSA) is 32.8 Å². The normalized spacial score (nSPS) is 13.9. The molecular weight excluding hydrogens is 372 g/mol. The van der Waals surface area contributed by atoms with Crippen molar-refractivity contribution in [1.82, 2.24) is 4.90 Å². The van der Waals surface area contributed by atoms with E-state index in [1.165, 1.54) is 24.1 Å². The molecule has 0 saturated carbocycles. The molecule has 1 amide bonds. The average Bonchev–Trinajstić information content (AvgIpc) is 3.32. The molecule has 1 aliphatic rings. The minimum atomic E-state index is 0.000975. The zero-order valence-corrected chi connectivity index (χ0v) is 17.7. The van der Waals surface area contributed by atoms with Crippen LogP contribution in [0.1, 0.15) is 24.0 Å². The molecule has 154 valence electrons.